The van der Waals surface area contributed by atoms with Gasteiger partial charge in [-0.05, 0) is 37.7 Å². The van der Waals surface area contributed by atoms with Gasteiger partial charge in [0.2, 0.25) is 0 Å². The van der Waals surface area contributed by atoms with Gasteiger partial charge in [-0.1, -0.05) is 18.2 Å². The largest absolute Gasteiger partial charge is 0.467 e. The Morgan fingerprint density at radius 3 is 2.81 bits per heavy atom. The van der Waals surface area contributed by atoms with E-state index < -0.39 is 9.84 Å². The van der Waals surface area contributed by atoms with Gasteiger partial charge < -0.3 is 8.83 Å². The highest BCUT2D eigenvalue weighted by atomic mass is 32.2. The number of hydrogen-bond acceptors (Lipinski definition) is 7. The van der Waals surface area contributed by atoms with E-state index >= 15 is 0 Å². The van der Waals surface area contributed by atoms with E-state index in [0.29, 0.717) is 30.1 Å². The van der Waals surface area contributed by atoms with Crippen molar-refractivity contribution in [2.75, 3.05) is 25.1 Å². The van der Waals surface area contributed by atoms with Crippen molar-refractivity contribution in [2.24, 2.45) is 5.10 Å². The van der Waals surface area contributed by atoms with Crippen molar-refractivity contribution in [3.05, 3.63) is 60.2 Å². The van der Waals surface area contributed by atoms with Crippen LogP contribution in [0.4, 0.5) is 0 Å². The summed E-state index contributed by atoms with van der Waals surface area (Å²) in [7, 11) is -1.24. The summed E-state index contributed by atoms with van der Waals surface area (Å²) < 4.78 is 35.1. The second kappa shape index (κ2) is 7.65. The third kappa shape index (κ3) is 3.90. The number of fused-ring (bicyclic) bond motifs is 1. The monoisotopic (exact) mass is 441 g/mol. The fraction of sp³-hybridized carbons (Fsp3) is 0.364. The number of benzene rings is 1. The molecule has 31 heavy (non-hydrogen) atoms. The number of hydrazone groups is 1. The maximum absolute atomic E-state index is 13.2. The molecule has 0 N–H and O–H groups in total. The fourth-order valence-corrected chi connectivity index (χ4v) is 6.06. The highest BCUT2D eigenvalue weighted by Crippen LogP contribution is 2.34. The van der Waals surface area contributed by atoms with Crippen LogP contribution >= 0.6 is 0 Å². The van der Waals surface area contributed by atoms with Crippen LogP contribution < -0.4 is 0 Å². The standard InChI is InChI=1S/C22H23N3O5S/c1-24(16-8-10-31(27,28)14-16)13-22(26)25-18(20-7-4-9-29-20)12-17(23-25)21-11-15-5-2-3-6-19(15)30-21/h2-7,9,11,16,18H,8,10,12-14H2,1H3/t16-,18-/m0/s1. The molecule has 0 radical (unpaired) electrons. The molecule has 4 heterocycles. The Kier molecular flexibility index (Phi) is 4.94. The number of nitrogens with zero attached hydrogens (tertiary/aromatic N) is 3. The van der Waals surface area contributed by atoms with E-state index in [2.05, 4.69) is 5.10 Å². The lowest BCUT2D eigenvalue weighted by molar-refractivity contribution is -0.134. The number of carbonyl (C=O) groups is 1. The van der Waals surface area contributed by atoms with Gasteiger partial charge in [-0.2, -0.15) is 5.10 Å². The molecule has 5 rings (SSSR count). The number of sulfone groups is 1. The van der Waals surface area contributed by atoms with Crippen molar-refractivity contribution in [1.29, 1.82) is 0 Å². The third-order valence-electron chi connectivity index (χ3n) is 5.96. The second-order valence-corrected chi connectivity index (χ2v) is 10.4. The quantitative estimate of drug-likeness (QED) is 0.604. The van der Waals surface area contributed by atoms with Crippen molar-refractivity contribution in [3.63, 3.8) is 0 Å². The van der Waals surface area contributed by atoms with E-state index in [0.717, 1.165) is 11.0 Å². The Morgan fingerprint density at radius 1 is 1.26 bits per heavy atom. The smallest absolute Gasteiger partial charge is 0.257 e. The zero-order chi connectivity index (χ0) is 21.6. The molecular formula is C22H23N3O5S. The topological polar surface area (TPSA) is 96.3 Å². The Hall–Kier alpha value is -2.91. The maximum Gasteiger partial charge on any atom is 0.257 e. The molecule has 0 spiro atoms. The first-order valence-electron chi connectivity index (χ1n) is 10.2. The van der Waals surface area contributed by atoms with Crippen molar-refractivity contribution >= 4 is 32.4 Å². The van der Waals surface area contributed by atoms with Crippen LogP contribution in [0.15, 0.2) is 62.7 Å². The summed E-state index contributed by atoms with van der Waals surface area (Å²) >= 11 is 0. The van der Waals surface area contributed by atoms with E-state index in [1.807, 2.05) is 36.4 Å². The molecule has 9 heteroatoms. The number of hydrogen-bond donors (Lipinski definition) is 0. The Balaban J connectivity index is 1.40. The lowest BCUT2D eigenvalue weighted by atomic mass is 10.1. The summed E-state index contributed by atoms with van der Waals surface area (Å²) in [5, 5.41) is 7.02. The van der Waals surface area contributed by atoms with Crippen molar-refractivity contribution in [2.45, 2.75) is 24.9 Å². The molecule has 1 fully saturated rings. The highest BCUT2D eigenvalue weighted by molar-refractivity contribution is 7.91. The van der Waals surface area contributed by atoms with E-state index in [1.54, 1.807) is 24.3 Å². The molecule has 2 aliphatic rings. The summed E-state index contributed by atoms with van der Waals surface area (Å²) in [4.78, 5) is 15.0. The first kappa shape index (κ1) is 20.0. The SMILES string of the molecule is CN(CC(=O)N1N=C(c2cc3ccccc3o2)C[C@H]1c1ccco1)[C@H]1CCS(=O)(=O)C1. The van der Waals surface area contributed by atoms with Gasteiger partial charge in [0.15, 0.2) is 15.6 Å². The summed E-state index contributed by atoms with van der Waals surface area (Å²) in [5.41, 5.74) is 1.44. The van der Waals surface area contributed by atoms with Crippen LogP contribution in [0.25, 0.3) is 11.0 Å². The van der Waals surface area contributed by atoms with E-state index in [9.17, 15) is 13.2 Å². The van der Waals surface area contributed by atoms with Crippen LogP contribution in [0.5, 0.6) is 0 Å². The average Bonchev–Trinajstić information content (AvgIpc) is 3.51. The van der Waals surface area contributed by atoms with Crippen LogP contribution in [0.1, 0.15) is 30.4 Å². The van der Waals surface area contributed by atoms with Gasteiger partial charge in [-0.15, -0.1) is 0 Å². The molecule has 1 aromatic carbocycles. The van der Waals surface area contributed by atoms with Crippen LogP contribution in [0.2, 0.25) is 0 Å². The summed E-state index contributed by atoms with van der Waals surface area (Å²) in [6, 6.07) is 12.7. The Labute approximate surface area is 180 Å². The molecule has 2 aliphatic heterocycles. The summed E-state index contributed by atoms with van der Waals surface area (Å²) in [5.74, 6) is 1.33. The van der Waals surface area contributed by atoms with Crippen molar-refractivity contribution in [3.8, 4) is 0 Å². The summed E-state index contributed by atoms with van der Waals surface area (Å²) in [6.45, 7) is 0.0777. The lowest BCUT2D eigenvalue weighted by Gasteiger charge is -2.26. The third-order valence-corrected chi connectivity index (χ3v) is 7.71. The second-order valence-electron chi connectivity index (χ2n) is 8.14. The molecular weight excluding hydrogens is 418 g/mol. The van der Waals surface area contributed by atoms with Gasteiger partial charge in [-0.25, -0.2) is 13.4 Å². The van der Waals surface area contributed by atoms with Gasteiger partial charge in [-0.3, -0.25) is 9.69 Å². The Bertz CT molecular complexity index is 1210. The van der Waals surface area contributed by atoms with Gasteiger partial charge in [0.05, 0.1) is 24.3 Å². The first-order chi connectivity index (χ1) is 14.9. The predicted molar refractivity (Wildman–Crippen MR) is 115 cm³/mol. The zero-order valence-corrected chi connectivity index (χ0v) is 17.9. The number of carbonyl (C=O) groups excluding carboxylic acids is 1. The van der Waals surface area contributed by atoms with E-state index in [1.165, 1.54) is 5.01 Å². The minimum atomic E-state index is -3.02. The van der Waals surface area contributed by atoms with Crippen LogP contribution in [0, 0.1) is 0 Å². The zero-order valence-electron chi connectivity index (χ0n) is 17.1. The molecule has 162 valence electrons. The molecule has 0 unspecified atom stereocenters. The molecule has 0 bridgehead atoms. The summed E-state index contributed by atoms with van der Waals surface area (Å²) in [6.07, 6.45) is 2.59. The van der Waals surface area contributed by atoms with Gasteiger partial charge in [0.1, 0.15) is 23.1 Å². The van der Waals surface area contributed by atoms with Gasteiger partial charge in [0, 0.05) is 17.8 Å². The molecule has 1 saturated heterocycles. The van der Waals surface area contributed by atoms with Crippen LogP contribution in [-0.2, 0) is 14.6 Å². The Morgan fingerprint density at radius 2 is 2.10 bits per heavy atom. The molecule has 2 atom stereocenters. The van der Waals surface area contributed by atoms with Gasteiger partial charge in [0.25, 0.3) is 5.91 Å². The minimum Gasteiger partial charge on any atom is -0.467 e. The molecule has 0 aliphatic carbocycles. The lowest BCUT2D eigenvalue weighted by Crippen LogP contribution is -2.41. The van der Waals surface area contributed by atoms with Crippen molar-refractivity contribution < 1.29 is 22.0 Å². The first-order valence-corrected chi connectivity index (χ1v) is 12.0. The van der Waals surface area contributed by atoms with Gasteiger partial charge >= 0.3 is 0 Å². The van der Waals surface area contributed by atoms with Crippen LogP contribution in [-0.4, -0.2) is 61.1 Å². The fourth-order valence-electron chi connectivity index (χ4n) is 4.25. The number of rotatable bonds is 5. The normalized spacial score (nSPS) is 23.0. The molecule has 8 nitrogen and oxygen atoms in total. The number of para-hydroxylation sites is 1. The highest BCUT2D eigenvalue weighted by Gasteiger charge is 2.38. The minimum absolute atomic E-state index is 0.0777. The molecule has 3 aromatic rings. The van der Waals surface area contributed by atoms with E-state index in [4.69, 9.17) is 8.83 Å². The molecule has 0 saturated carbocycles. The predicted octanol–water partition coefficient (Wildman–Crippen LogP) is 2.82. The number of likely N-dealkylation sites (N-methyl/N-ethyl adjacent to an activating group) is 1. The number of furan rings is 2. The van der Waals surface area contributed by atoms with Crippen LogP contribution in [0.3, 0.4) is 0 Å². The van der Waals surface area contributed by atoms with Crippen molar-refractivity contribution in [1.82, 2.24) is 9.91 Å². The molecule has 1 amide bonds. The molecule has 2 aromatic heterocycles. The average molecular weight is 442 g/mol. The van der Waals surface area contributed by atoms with E-state index in [-0.39, 0.29) is 36.0 Å². The maximum atomic E-state index is 13.2. The number of amides is 1.